The van der Waals surface area contributed by atoms with E-state index in [1.165, 1.54) is 64.2 Å². The number of quaternary nitrogens is 1. The molecule has 0 aliphatic heterocycles. The fourth-order valence-electron chi connectivity index (χ4n) is 5.39. The minimum absolute atomic E-state index is 0.128. The molecule has 0 heterocycles. The lowest BCUT2D eigenvalue weighted by Gasteiger charge is -2.30. The van der Waals surface area contributed by atoms with E-state index in [9.17, 15) is 13.5 Å². The van der Waals surface area contributed by atoms with Crippen LogP contribution >= 0.6 is 0 Å². The number of rotatable bonds is 24. The van der Waals surface area contributed by atoms with Crippen LogP contribution in [0.3, 0.4) is 0 Å². The van der Waals surface area contributed by atoms with Gasteiger partial charge in [-0.3, -0.25) is 4.55 Å². The molecular weight excluding hydrogens is 462 g/mol. The van der Waals surface area contributed by atoms with Crippen molar-refractivity contribution < 1.29 is 27.7 Å². The molecule has 0 rings (SSSR count). The van der Waals surface area contributed by atoms with Crippen molar-refractivity contribution in [3.8, 4) is 0 Å². The van der Waals surface area contributed by atoms with Gasteiger partial charge in [0.25, 0.3) is 10.1 Å². The molecule has 0 radical (unpaired) electrons. The van der Waals surface area contributed by atoms with Crippen molar-refractivity contribution in [3.05, 3.63) is 0 Å². The van der Waals surface area contributed by atoms with Crippen LogP contribution in [-0.2, 0) is 10.1 Å². The predicted molar refractivity (Wildman–Crippen MR) is 148 cm³/mol. The summed E-state index contributed by atoms with van der Waals surface area (Å²) in [7, 11) is 0.436. The van der Waals surface area contributed by atoms with Gasteiger partial charge >= 0.3 is 0 Å². The van der Waals surface area contributed by atoms with Crippen LogP contribution in [0.5, 0.6) is 0 Å². The molecule has 0 amide bonds. The van der Waals surface area contributed by atoms with Gasteiger partial charge in [-0.1, -0.05) is 78.6 Å². The van der Waals surface area contributed by atoms with Crippen molar-refractivity contribution >= 4 is 10.1 Å². The molecule has 212 valence electrons. The average Bonchev–Trinajstić information content (AvgIpc) is 2.76. The Kier molecular flexibility index (Phi) is 19.7. The van der Waals surface area contributed by atoms with Crippen molar-refractivity contribution in [1.82, 2.24) is 0 Å². The van der Waals surface area contributed by atoms with Crippen LogP contribution in [0.1, 0.15) is 117 Å². The van der Waals surface area contributed by atoms with Gasteiger partial charge in [0, 0.05) is 6.42 Å². The number of aliphatic hydroxyl groups is 2. The highest BCUT2D eigenvalue weighted by Gasteiger charge is 2.19. The summed E-state index contributed by atoms with van der Waals surface area (Å²) in [6, 6.07) is 0. The Bertz CT molecular complexity index is 596. The summed E-state index contributed by atoms with van der Waals surface area (Å²) in [5.41, 5.74) is 0. The van der Waals surface area contributed by atoms with E-state index in [0.717, 1.165) is 48.7 Å². The molecule has 0 saturated heterocycles. The molecule has 0 aliphatic rings. The first-order valence-electron chi connectivity index (χ1n) is 14.5. The van der Waals surface area contributed by atoms with Crippen molar-refractivity contribution in [2.24, 2.45) is 17.8 Å². The molecule has 0 aromatic heterocycles. The Morgan fingerprint density at radius 2 is 1.40 bits per heavy atom. The first-order chi connectivity index (χ1) is 16.4. The number of unbranched alkanes of at least 4 members (excludes halogenated alkanes) is 4. The average molecular weight is 523 g/mol. The van der Waals surface area contributed by atoms with Gasteiger partial charge in [0.05, 0.1) is 45.6 Å². The third kappa shape index (κ3) is 21.6. The number of nitrogens with zero attached hydrogens (tertiary/aromatic N) is 1. The minimum Gasteiger partial charge on any atom is -0.394 e. The third-order valence-corrected chi connectivity index (χ3v) is 8.49. The maximum absolute atomic E-state index is 10.9. The summed E-state index contributed by atoms with van der Waals surface area (Å²) < 4.78 is 31.6. The highest BCUT2D eigenvalue weighted by molar-refractivity contribution is 7.85. The fourth-order valence-corrected chi connectivity index (χ4v) is 5.89. The second-order valence-corrected chi connectivity index (χ2v) is 13.4. The minimum atomic E-state index is -3.85. The summed E-state index contributed by atoms with van der Waals surface area (Å²) in [5.74, 6) is 2.12. The van der Waals surface area contributed by atoms with Gasteiger partial charge in [0.1, 0.15) is 0 Å². The molecule has 0 aromatic carbocycles. The molecule has 4 atom stereocenters. The van der Waals surface area contributed by atoms with Crippen LogP contribution in [0.4, 0.5) is 0 Å². The van der Waals surface area contributed by atoms with Crippen LogP contribution in [0.25, 0.3) is 0 Å². The molecule has 35 heavy (non-hydrogen) atoms. The van der Waals surface area contributed by atoms with Gasteiger partial charge in [-0.05, 0) is 49.9 Å². The molecule has 7 heteroatoms. The largest absolute Gasteiger partial charge is 0.394 e. The maximum atomic E-state index is 10.9. The summed E-state index contributed by atoms with van der Waals surface area (Å²) in [6.07, 6.45) is 16.8. The smallest absolute Gasteiger partial charge is 0.265 e. The topological polar surface area (TPSA) is 94.8 Å². The summed E-state index contributed by atoms with van der Waals surface area (Å²) in [6.45, 7) is 8.65. The summed E-state index contributed by atoms with van der Waals surface area (Å²) >= 11 is 0. The zero-order valence-corrected chi connectivity index (χ0v) is 24.6. The Labute approximate surface area is 218 Å². The Morgan fingerprint density at radius 3 is 2.00 bits per heavy atom. The van der Waals surface area contributed by atoms with Gasteiger partial charge in [-0.15, -0.1) is 0 Å². The highest BCUT2D eigenvalue weighted by atomic mass is 32.2. The predicted octanol–water partition coefficient (Wildman–Crippen LogP) is 6.06. The van der Waals surface area contributed by atoms with Crippen molar-refractivity contribution in [3.63, 3.8) is 0 Å². The van der Waals surface area contributed by atoms with E-state index in [1.54, 1.807) is 0 Å². The van der Waals surface area contributed by atoms with Crippen LogP contribution in [0.15, 0.2) is 0 Å². The molecule has 0 aromatic rings. The Hall–Kier alpha value is -0.210. The summed E-state index contributed by atoms with van der Waals surface area (Å²) in [5, 5.41) is 18.6. The van der Waals surface area contributed by atoms with Gasteiger partial charge < -0.3 is 14.7 Å². The molecule has 0 bridgehead atoms. The molecular formula is C28H60NO5S+. The van der Waals surface area contributed by atoms with Crippen molar-refractivity contribution in [2.45, 2.75) is 123 Å². The SMILES string of the molecule is CCCCCC(CC(C)CCCC(O)CO)CC(CC)CCCCC[N+](C)(C)CCCS(=O)(=O)O. The molecule has 4 unspecified atom stereocenters. The normalized spacial score (nSPS) is 16.2. The lowest BCUT2D eigenvalue weighted by Crippen LogP contribution is -2.41. The van der Waals surface area contributed by atoms with Crippen LogP contribution < -0.4 is 0 Å². The number of hydrogen-bond acceptors (Lipinski definition) is 4. The van der Waals surface area contributed by atoms with Crippen LogP contribution in [-0.4, -0.2) is 73.3 Å². The number of aliphatic hydroxyl groups excluding tert-OH is 2. The molecule has 0 saturated carbocycles. The quantitative estimate of drug-likeness (QED) is 0.0813. The molecule has 0 spiro atoms. The summed E-state index contributed by atoms with van der Waals surface area (Å²) in [4.78, 5) is 0. The van der Waals surface area contributed by atoms with E-state index in [1.807, 2.05) is 0 Å². The van der Waals surface area contributed by atoms with Gasteiger partial charge in [-0.25, -0.2) is 0 Å². The van der Waals surface area contributed by atoms with Gasteiger partial charge in [0.15, 0.2) is 0 Å². The van der Waals surface area contributed by atoms with E-state index < -0.39 is 16.2 Å². The Morgan fingerprint density at radius 1 is 0.771 bits per heavy atom. The molecule has 6 nitrogen and oxygen atoms in total. The van der Waals surface area contributed by atoms with Crippen molar-refractivity contribution in [2.75, 3.05) is 39.5 Å². The molecule has 0 fully saturated rings. The lowest BCUT2D eigenvalue weighted by atomic mass is 9.80. The van der Waals surface area contributed by atoms with Crippen molar-refractivity contribution in [1.29, 1.82) is 0 Å². The van der Waals surface area contributed by atoms with E-state index in [2.05, 4.69) is 34.9 Å². The standard InChI is InChI=1S/C28H59NO5S/c1-6-8-10-17-27(22-25(3)15-13-18-28(31)24-30)23-26(7-2)16-11-9-12-19-29(4,5)20-14-21-35(32,33)34/h25-28,30-31H,6-24H2,1-5H3/p+1. The fraction of sp³-hybridized carbons (Fsp3) is 1.00. The molecule has 0 aliphatic carbocycles. The zero-order chi connectivity index (χ0) is 26.7. The Balaban J connectivity index is 4.42. The second kappa shape index (κ2) is 19.8. The molecule has 3 N–H and O–H groups in total. The van der Waals surface area contributed by atoms with Crippen LogP contribution in [0, 0.1) is 17.8 Å². The first-order valence-corrected chi connectivity index (χ1v) is 16.1. The lowest BCUT2D eigenvalue weighted by molar-refractivity contribution is -0.890. The monoisotopic (exact) mass is 522 g/mol. The third-order valence-electron chi connectivity index (χ3n) is 7.68. The zero-order valence-electron chi connectivity index (χ0n) is 23.8. The van der Waals surface area contributed by atoms with Gasteiger partial charge in [0.2, 0.25) is 0 Å². The first kappa shape index (κ1) is 34.8. The maximum Gasteiger partial charge on any atom is 0.265 e. The number of hydrogen-bond donors (Lipinski definition) is 3. The van der Waals surface area contributed by atoms with E-state index in [0.29, 0.717) is 18.8 Å². The van der Waals surface area contributed by atoms with Crippen LogP contribution in [0.2, 0.25) is 0 Å². The highest BCUT2D eigenvalue weighted by Crippen LogP contribution is 2.31. The second-order valence-electron chi connectivity index (χ2n) is 11.9. The van der Waals surface area contributed by atoms with E-state index in [4.69, 9.17) is 9.66 Å². The van der Waals surface area contributed by atoms with Gasteiger partial charge in [-0.2, -0.15) is 8.42 Å². The van der Waals surface area contributed by atoms with E-state index in [-0.39, 0.29) is 12.4 Å². The van der Waals surface area contributed by atoms with E-state index >= 15 is 0 Å².